The lowest BCUT2D eigenvalue weighted by atomic mass is 9.88. The molecule has 1 aliphatic rings. The average Bonchev–Trinajstić information content (AvgIpc) is 3.67. The molecule has 0 bridgehead atoms. The van der Waals surface area contributed by atoms with Crippen LogP contribution in [0, 0.1) is 17.2 Å². The van der Waals surface area contributed by atoms with Gasteiger partial charge in [0.25, 0.3) is 5.91 Å². The van der Waals surface area contributed by atoms with Gasteiger partial charge in [-0.3, -0.25) is 4.79 Å². The zero-order chi connectivity index (χ0) is 32.0. The Balaban J connectivity index is 1.71. The van der Waals surface area contributed by atoms with E-state index in [0.717, 1.165) is 12.8 Å². The van der Waals surface area contributed by atoms with Gasteiger partial charge in [0.1, 0.15) is 5.69 Å². The molecule has 0 aliphatic heterocycles. The molecule has 3 N–H and O–H groups in total. The maximum absolute atomic E-state index is 14.4. The van der Waals surface area contributed by atoms with Crippen LogP contribution >= 0.6 is 0 Å². The van der Waals surface area contributed by atoms with Crippen molar-refractivity contribution in [2.24, 2.45) is 17.1 Å². The molecule has 2 aromatic carbocycles. The van der Waals surface area contributed by atoms with Crippen molar-refractivity contribution >= 4 is 12.0 Å². The number of carbonyl (C=O) groups is 2. The lowest BCUT2D eigenvalue weighted by Gasteiger charge is -2.24. The number of alkyl halides is 2. The Labute approximate surface area is 253 Å². The fourth-order valence-corrected chi connectivity index (χ4v) is 4.43. The van der Waals surface area contributed by atoms with Crippen molar-refractivity contribution in [2.45, 2.75) is 66.2 Å². The first-order chi connectivity index (χ1) is 20.8. The summed E-state index contributed by atoms with van der Waals surface area (Å²) in [5.74, 6) is -1.10. The Bertz CT molecular complexity index is 1470. The van der Waals surface area contributed by atoms with Gasteiger partial charge in [0, 0.05) is 5.56 Å². The van der Waals surface area contributed by atoms with Gasteiger partial charge in [0.15, 0.2) is 34.9 Å². The summed E-state index contributed by atoms with van der Waals surface area (Å²) < 4.78 is 67.8. The van der Waals surface area contributed by atoms with Crippen molar-refractivity contribution in [1.29, 1.82) is 0 Å². The third kappa shape index (κ3) is 8.80. The van der Waals surface area contributed by atoms with E-state index in [9.17, 15) is 22.8 Å². The van der Waals surface area contributed by atoms with Gasteiger partial charge in [0.05, 0.1) is 25.3 Å². The van der Waals surface area contributed by atoms with E-state index >= 15 is 0 Å². The highest BCUT2D eigenvalue weighted by Gasteiger charge is 2.31. The number of oxazole rings is 1. The first kappa shape index (κ1) is 32.5. The Morgan fingerprint density at radius 1 is 1.14 bits per heavy atom. The number of nitrogens with two attached hydrogens (primary N) is 1. The fourth-order valence-electron chi connectivity index (χ4n) is 4.43. The second-order valence-electron chi connectivity index (χ2n) is 11.5. The SMILES string of the molecule is CCOc1c(F)cccc1C(=O)NCc1nc(-c2ccc(OC(F)F)c(OCC3CC3)c2)oc1[C@H](CC(C)(C)C)OC(N)=O. The van der Waals surface area contributed by atoms with E-state index in [4.69, 9.17) is 24.4 Å². The molecule has 0 unspecified atom stereocenters. The molecule has 1 saturated carbocycles. The van der Waals surface area contributed by atoms with Gasteiger partial charge in [0.2, 0.25) is 5.89 Å². The number of benzene rings is 2. The number of para-hydroxylation sites is 1. The van der Waals surface area contributed by atoms with Crippen LogP contribution in [0.4, 0.5) is 18.0 Å². The predicted molar refractivity (Wildman–Crippen MR) is 153 cm³/mol. The van der Waals surface area contributed by atoms with Crippen molar-refractivity contribution in [2.75, 3.05) is 13.2 Å². The molecule has 10 nitrogen and oxygen atoms in total. The zero-order valence-corrected chi connectivity index (χ0v) is 25.0. The number of hydrogen-bond acceptors (Lipinski definition) is 8. The van der Waals surface area contributed by atoms with Gasteiger partial charge < -0.3 is 34.4 Å². The Morgan fingerprint density at radius 3 is 2.52 bits per heavy atom. The van der Waals surface area contributed by atoms with Crippen LogP contribution in [0.25, 0.3) is 11.5 Å². The van der Waals surface area contributed by atoms with Crippen molar-refractivity contribution < 1.29 is 46.1 Å². The molecule has 13 heteroatoms. The van der Waals surface area contributed by atoms with Crippen molar-refractivity contribution in [3.05, 3.63) is 59.2 Å². The minimum atomic E-state index is -3.06. The third-order valence-corrected chi connectivity index (χ3v) is 6.57. The van der Waals surface area contributed by atoms with Gasteiger partial charge >= 0.3 is 12.7 Å². The summed E-state index contributed by atoms with van der Waals surface area (Å²) >= 11 is 0. The van der Waals surface area contributed by atoms with Crippen LogP contribution in [0.15, 0.2) is 40.8 Å². The molecule has 2 amide bonds. The molecule has 1 atom stereocenters. The molecule has 0 saturated heterocycles. The second kappa shape index (κ2) is 13.9. The summed E-state index contributed by atoms with van der Waals surface area (Å²) in [6.45, 7) is 4.65. The highest BCUT2D eigenvalue weighted by Crippen LogP contribution is 2.39. The fraction of sp³-hybridized carbons (Fsp3) is 0.452. The summed E-state index contributed by atoms with van der Waals surface area (Å²) in [7, 11) is 0. The van der Waals surface area contributed by atoms with E-state index in [1.807, 2.05) is 20.8 Å². The number of hydrogen-bond donors (Lipinski definition) is 2. The van der Waals surface area contributed by atoms with Crippen LogP contribution in [0.3, 0.4) is 0 Å². The van der Waals surface area contributed by atoms with Gasteiger partial charge in [-0.15, -0.1) is 0 Å². The van der Waals surface area contributed by atoms with E-state index in [-0.39, 0.29) is 65.1 Å². The van der Waals surface area contributed by atoms with Crippen molar-refractivity contribution in [1.82, 2.24) is 10.3 Å². The van der Waals surface area contributed by atoms with Crippen LogP contribution < -0.4 is 25.3 Å². The molecule has 1 aromatic heterocycles. The normalized spacial score (nSPS) is 13.8. The molecule has 238 valence electrons. The van der Waals surface area contributed by atoms with Crippen LogP contribution in [-0.2, 0) is 11.3 Å². The molecular weight excluding hydrogens is 583 g/mol. The van der Waals surface area contributed by atoms with Crippen LogP contribution in [0.2, 0.25) is 0 Å². The van der Waals surface area contributed by atoms with Gasteiger partial charge in [-0.25, -0.2) is 14.2 Å². The maximum atomic E-state index is 14.4. The molecule has 0 spiro atoms. The highest BCUT2D eigenvalue weighted by molar-refractivity contribution is 5.97. The van der Waals surface area contributed by atoms with Crippen LogP contribution in [0.1, 0.15) is 74.9 Å². The van der Waals surface area contributed by atoms with E-state index in [1.165, 1.54) is 36.4 Å². The molecule has 1 fully saturated rings. The zero-order valence-electron chi connectivity index (χ0n) is 25.0. The van der Waals surface area contributed by atoms with Crippen LogP contribution in [-0.4, -0.2) is 36.8 Å². The quantitative estimate of drug-likeness (QED) is 0.202. The number of ether oxygens (including phenoxy) is 4. The van der Waals surface area contributed by atoms with Gasteiger partial charge in [-0.05, 0) is 67.9 Å². The number of nitrogens with one attached hydrogen (secondary N) is 1. The van der Waals surface area contributed by atoms with E-state index in [1.54, 1.807) is 6.92 Å². The number of nitrogens with zero attached hydrogens (tertiary/aromatic N) is 1. The van der Waals surface area contributed by atoms with E-state index in [0.29, 0.717) is 18.1 Å². The molecule has 1 aliphatic carbocycles. The largest absolute Gasteiger partial charge is 0.490 e. The number of rotatable bonds is 14. The van der Waals surface area contributed by atoms with Gasteiger partial charge in [-0.1, -0.05) is 26.8 Å². The summed E-state index contributed by atoms with van der Waals surface area (Å²) in [4.78, 5) is 29.5. The summed E-state index contributed by atoms with van der Waals surface area (Å²) in [6, 6.07) is 8.24. The first-order valence-corrected chi connectivity index (χ1v) is 14.2. The van der Waals surface area contributed by atoms with Gasteiger partial charge in [-0.2, -0.15) is 8.78 Å². The lowest BCUT2D eigenvalue weighted by molar-refractivity contribution is -0.0515. The standard InChI is InChI=1S/C31H36F3N3O7/c1-5-40-25-19(7-6-8-20(25)32)27(38)36-15-21-26(24(43-30(35)39)14-31(2,3)4)44-28(37-21)18-11-12-22(42-29(33)34)23(13-18)41-16-17-9-10-17/h6-8,11-13,17,24,29H,5,9-10,14-16H2,1-4H3,(H2,35,39)(H,36,38)/t24-/m0/s1. The molecule has 3 aromatic rings. The predicted octanol–water partition coefficient (Wildman–Crippen LogP) is 6.77. The Morgan fingerprint density at radius 2 is 1.89 bits per heavy atom. The average molecular weight is 620 g/mol. The molecule has 0 radical (unpaired) electrons. The topological polar surface area (TPSA) is 135 Å². The monoisotopic (exact) mass is 619 g/mol. The van der Waals surface area contributed by atoms with Crippen molar-refractivity contribution in [3.63, 3.8) is 0 Å². The number of carbonyl (C=O) groups excluding carboxylic acids is 2. The third-order valence-electron chi connectivity index (χ3n) is 6.57. The summed E-state index contributed by atoms with van der Waals surface area (Å²) in [6.07, 6.45) is 0.221. The smallest absolute Gasteiger partial charge is 0.405 e. The van der Waals surface area contributed by atoms with E-state index in [2.05, 4.69) is 15.0 Å². The minimum Gasteiger partial charge on any atom is -0.490 e. The maximum Gasteiger partial charge on any atom is 0.405 e. The summed E-state index contributed by atoms with van der Waals surface area (Å²) in [5, 5.41) is 2.69. The number of primary amides is 1. The highest BCUT2D eigenvalue weighted by atomic mass is 19.3. The van der Waals surface area contributed by atoms with Crippen molar-refractivity contribution in [3.8, 4) is 28.7 Å². The van der Waals surface area contributed by atoms with Crippen LogP contribution in [0.5, 0.6) is 17.2 Å². The molecule has 4 rings (SSSR count). The Kier molecular flexibility index (Phi) is 10.3. The molecular formula is C31H36F3N3O7. The number of amides is 2. The minimum absolute atomic E-state index is 0.0242. The number of halogens is 3. The van der Waals surface area contributed by atoms with E-state index < -0.39 is 30.5 Å². The second-order valence-corrected chi connectivity index (χ2v) is 11.5. The Hall–Kier alpha value is -4.42. The summed E-state index contributed by atoms with van der Waals surface area (Å²) in [5.41, 5.74) is 5.55. The molecule has 1 heterocycles. The molecule has 44 heavy (non-hydrogen) atoms. The lowest BCUT2D eigenvalue weighted by Crippen LogP contribution is -2.26. The number of aromatic nitrogens is 1. The first-order valence-electron chi connectivity index (χ1n) is 14.2.